The van der Waals surface area contributed by atoms with Crippen molar-refractivity contribution in [3.8, 4) is 0 Å². The fraction of sp³-hybridized carbons (Fsp3) is 0.308. The van der Waals surface area contributed by atoms with E-state index in [2.05, 4.69) is 100 Å². The van der Waals surface area contributed by atoms with E-state index in [1.54, 1.807) is 24.2 Å². The van der Waals surface area contributed by atoms with E-state index in [1.165, 1.54) is 30.7 Å². The summed E-state index contributed by atoms with van der Waals surface area (Å²) in [5.41, 5.74) is 3.90. The van der Waals surface area contributed by atoms with Crippen molar-refractivity contribution in [3.05, 3.63) is 83.1 Å². The Kier molecular flexibility index (Phi) is 11.9. The molecule has 2 nitrogen and oxygen atoms in total. The second kappa shape index (κ2) is 13.1. The zero-order valence-corrected chi connectivity index (χ0v) is 24.4. The van der Waals surface area contributed by atoms with Crippen LogP contribution in [0.2, 0.25) is 19.6 Å². The maximum atomic E-state index is 6.22. The van der Waals surface area contributed by atoms with E-state index in [9.17, 15) is 0 Å². The Morgan fingerprint density at radius 3 is 2.25 bits per heavy atom. The molecule has 3 aromatic rings. The predicted molar refractivity (Wildman–Crippen MR) is 127 cm³/mol. The van der Waals surface area contributed by atoms with Gasteiger partial charge in [-0.05, 0) is 36.8 Å². The minimum absolute atomic E-state index is 0. The molecule has 0 radical (unpaired) electrons. The van der Waals surface area contributed by atoms with Gasteiger partial charge < -0.3 is 34.0 Å². The van der Waals surface area contributed by atoms with E-state index >= 15 is 0 Å². The summed E-state index contributed by atoms with van der Waals surface area (Å²) in [6.07, 6.45) is 2.19. The molecule has 0 heterocycles. The maximum Gasteiger partial charge on any atom is 0.183 e. The monoisotopic (exact) mass is 563 g/mol. The molecule has 0 fully saturated rings. The normalized spacial score (nSPS) is 14.3. The molecule has 3 aromatic carbocycles. The molecule has 4 rings (SSSR count). The van der Waals surface area contributed by atoms with Gasteiger partial charge in [0.15, 0.2) is 8.32 Å². The van der Waals surface area contributed by atoms with E-state index in [-0.39, 0.29) is 30.7 Å². The number of benzene rings is 2. The smallest absolute Gasteiger partial charge is 0.183 e. The number of hydrogen-bond acceptors (Lipinski definition) is 2. The minimum Gasteiger partial charge on any atom is -1.00 e. The van der Waals surface area contributed by atoms with Crippen LogP contribution in [-0.2, 0) is 33.4 Å². The first-order chi connectivity index (χ1) is 14.3. The summed E-state index contributed by atoms with van der Waals surface area (Å²) in [5, 5.41) is 2.59. The Hall–Kier alpha value is -0.900. The van der Waals surface area contributed by atoms with Crippen molar-refractivity contribution >= 4 is 28.4 Å². The molecule has 0 spiro atoms. The molecule has 0 N–H and O–H groups in total. The van der Waals surface area contributed by atoms with E-state index in [0.717, 1.165) is 5.76 Å². The number of allylic oxidation sites excluding steroid dienone is 1. The number of ether oxygens (including phenoxy) is 1. The van der Waals surface area contributed by atoms with Gasteiger partial charge >= 0.3 is 41.3 Å². The molecule has 0 aromatic heterocycles. The van der Waals surface area contributed by atoms with Gasteiger partial charge in [-0.3, -0.25) is 0 Å². The van der Waals surface area contributed by atoms with Crippen LogP contribution >= 0.6 is 0 Å². The van der Waals surface area contributed by atoms with Crippen molar-refractivity contribution in [1.82, 2.24) is 0 Å². The van der Waals surface area contributed by atoms with Crippen molar-refractivity contribution in [2.75, 3.05) is 13.2 Å². The zero-order valence-electron chi connectivity index (χ0n) is 19.4. The van der Waals surface area contributed by atoms with E-state index in [4.69, 9.17) is 9.16 Å². The van der Waals surface area contributed by atoms with Crippen molar-refractivity contribution < 1.29 is 58.2 Å². The standard InChI is InChI=1S/C23H25O2Si.C3H6.2ClH.Zr/c1-26(2,3)25-15-14-24-22-16-18-9-5-7-11-20(18)23(22)21-13-12-17-8-4-6-10-19(17)21;1-3-2;;;/h4-13,16,23H,14-15H2,1-3H3;1-2H3;2*1H;/q-1;;;;+2/p-2. The summed E-state index contributed by atoms with van der Waals surface area (Å²) < 4.78 is 13.7. The van der Waals surface area contributed by atoms with Gasteiger partial charge in [-0.15, -0.1) is 40.6 Å². The quantitative estimate of drug-likeness (QED) is 0.249. The first kappa shape index (κ1) is 29.1. The number of rotatable bonds is 6. The molecule has 1 aliphatic rings. The molecule has 0 saturated heterocycles. The minimum atomic E-state index is -1.50. The molecular formula is C26H31Cl2O2SiZr-. The van der Waals surface area contributed by atoms with Crippen molar-refractivity contribution in [2.24, 2.45) is 0 Å². The van der Waals surface area contributed by atoms with Gasteiger partial charge in [0.25, 0.3) is 0 Å². The summed E-state index contributed by atoms with van der Waals surface area (Å²) in [7, 11) is -1.50. The summed E-state index contributed by atoms with van der Waals surface area (Å²) in [6, 6.07) is 21.6. The SMILES string of the molecule is C[C](C)=[Zr+2].C[Si](C)(C)OCCOC1=Cc2ccccc2C1[c-]1ccc2ccccc21.[Cl-].[Cl-]. The van der Waals surface area contributed by atoms with Crippen LogP contribution < -0.4 is 24.8 Å². The number of hydrogen-bond donors (Lipinski definition) is 0. The third-order valence-electron chi connectivity index (χ3n) is 4.80. The van der Waals surface area contributed by atoms with Crippen LogP contribution in [0.4, 0.5) is 0 Å². The van der Waals surface area contributed by atoms with Gasteiger partial charge in [0.1, 0.15) is 6.61 Å². The van der Waals surface area contributed by atoms with E-state index in [0.29, 0.717) is 13.2 Å². The molecule has 1 atom stereocenters. The molecule has 32 heavy (non-hydrogen) atoms. The molecule has 170 valence electrons. The summed E-state index contributed by atoms with van der Waals surface area (Å²) >= 11 is 1.55. The summed E-state index contributed by atoms with van der Waals surface area (Å²) in [4.78, 5) is 0. The largest absolute Gasteiger partial charge is 1.00 e. The molecule has 1 unspecified atom stereocenters. The van der Waals surface area contributed by atoms with Gasteiger partial charge in [0.05, 0.1) is 12.4 Å². The topological polar surface area (TPSA) is 18.5 Å². The Labute approximate surface area is 221 Å². The van der Waals surface area contributed by atoms with Crippen molar-refractivity contribution in [1.29, 1.82) is 0 Å². The third kappa shape index (κ3) is 7.85. The zero-order chi connectivity index (χ0) is 21.7. The average molecular weight is 566 g/mol. The molecule has 0 saturated carbocycles. The molecule has 0 bridgehead atoms. The van der Waals surface area contributed by atoms with Crippen molar-refractivity contribution in [3.63, 3.8) is 0 Å². The molecule has 1 aliphatic carbocycles. The fourth-order valence-electron chi connectivity index (χ4n) is 3.67. The first-order valence-electron chi connectivity index (χ1n) is 10.5. The molecule has 0 amide bonds. The summed E-state index contributed by atoms with van der Waals surface area (Å²) in [5.74, 6) is 1.19. The van der Waals surface area contributed by atoms with Crippen LogP contribution in [0, 0.1) is 0 Å². The fourth-order valence-corrected chi connectivity index (χ4v) is 4.37. The van der Waals surface area contributed by atoms with E-state index < -0.39 is 8.32 Å². The molecular weight excluding hydrogens is 535 g/mol. The second-order valence-corrected chi connectivity index (χ2v) is 15.8. The number of fused-ring (bicyclic) bond motifs is 2. The van der Waals surface area contributed by atoms with Gasteiger partial charge in [-0.2, -0.15) is 6.07 Å². The predicted octanol–water partition coefficient (Wildman–Crippen LogP) is 0.667. The van der Waals surface area contributed by atoms with E-state index in [1.807, 2.05) is 0 Å². The van der Waals surface area contributed by atoms with Crippen LogP contribution in [0.15, 0.2) is 66.4 Å². The Morgan fingerprint density at radius 1 is 0.938 bits per heavy atom. The molecule has 0 aliphatic heterocycles. The van der Waals surface area contributed by atoms with Gasteiger partial charge in [-0.1, -0.05) is 30.3 Å². The molecule has 6 heteroatoms. The van der Waals surface area contributed by atoms with Crippen molar-refractivity contribution in [2.45, 2.75) is 39.4 Å². The Balaban J connectivity index is 0.000000790. The third-order valence-corrected chi connectivity index (χ3v) is 5.87. The van der Waals surface area contributed by atoms with Gasteiger partial charge in [0, 0.05) is 5.92 Å². The second-order valence-electron chi connectivity index (χ2n) is 8.79. The van der Waals surface area contributed by atoms with Crippen LogP contribution in [0.3, 0.4) is 0 Å². The Morgan fingerprint density at radius 2 is 1.56 bits per heavy atom. The van der Waals surface area contributed by atoms with Gasteiger partial charge in [0.2, 0.25) is 0 Å². The van der Waals surface area contributed by atoms with Gasteiger partial charge in [-0.25, -0.2) is 0 Å². The maximum absolute atomic E-state index is 6.22. The average Bonchev–Trinajstić information content (AvgIpc) is 3.24. The Bertz CT molecular complexity index is 1050. The number of halogens is 2. The first-order valence-corrected chi connectivity index (χ1v) is 15.1. The summed E-state index contributed by atoms with van der Waals surface area (Å²) in [6.45, 7) is 12.1. The van der Waals surface area contributed by atoms with Crippen LogP contribution in [-0.4, -0.2) is 24.7 Å². The van der Waals surface area contributed by atoms with Crippen LogP contribution in [0.1, 0.15) is 36.5 Å². The van der Waals surface area contributed by atoms with Crippen LogP contribution in [0.5, 0.6) is 0 Å². The van der Waals surface area contributed by atoms with Crippen LogP contribution in [0.25, 0.3) is 16.8 Å².